The fourth-order valence-corrected chi connectivity index (χ4v) is 1.25. The van der Waals surface area contributed by atoms with E-state index >= 15 is 0 Å². The molecule has 1 heterocycles. The second-order valence-electron chi connectivity index (χ2n) is 2.96. The number of carbonyl (C=O) groups excluding carboxylic acids is 1. The van der Waals surface area contributed by atoms with Crippen LogP contribution in [-0.4, -0.2) is 29.4 Å². The molecule has 0 fully saturated rings. The Hall–Kier alpha value is -1.36. The van der Waals surface area contributed by atoms with E-state index < -0.39 is 6.04 Å². The summed E-state index contributed by atoms with van der Waals surface area (Å²) in [4.78, 5) is 11.4. The molecule has 1 rings (SSSR count). The van der Waals surface area contributed by atoms with E-state index in [4.69, 9.17) is 4.74 Å². The fraction of sp³-hybridized carbons (Fsp3) is 0.556. The molecule has 1 atom stereocenters. The third kappa shape index (κ3) is 2.32. The predicted molar refractivity (Wildman–Crippen MR) is 51.6 cm³/mol. The number of carbonyl (C=O) groups is 1. The molecule has 0 unspecified atom stereocenters. The van der Waals surface area contributed by atoms with Crippen molar-refractivity contribution in [3.63, 3.8) is 0 Å². The third-order valence-electron chi connectivity index (χ3n) is 1.90. The Balaban J connectivity index is 2.82. The quantitative estimate of drug-likeness (QED) is 0.703. The molecule has 0 amide bonds. The molecule has 0 aliphatic carbocycles. The van der Waals surface area contributed by atoms with Crippen LogP contribution in [0.5, 0.6) is 0 Å². The summed E-state index contributed by atoms with van der Waals surface area (Å²) in [7, 11) is 3.19. The van der Waals surface area contributed by atoms with Crippen LogP contribution in [0, 0.1) is 0 Å². The van der Waals surface area contributed by atoms with Crippen molar-refractivity contribution >= 4 is 5.97 Å². The number of aryl methyl sites for hydroxylation is 1. The largest absolute Gasteiger partial charge is 0.468 e. The van der Waals surface area contributed by atoms with Crippen molar-refractivity contribution < 1.29 is 9.53 Å². The first kappa shape index (κ1) is 10.7. The number of aromatic nitrogens is 2. The van der Waals surface area contributed by atoms with Crippen molar-refractivity contribution in [1.29, 1.82) is 0 Å². The van der Waals surface area contributed by atoms with Gasteiger partial charge in [0, 0.05) is 18.8 Å². The number of ether oxygens (including phenoxy) is 1. The van der Waals surface area contributed by atoms with Gasteiger partial charge in [-0.05, 0) is 6.54 Å². The molecule has 0 bridgehead atoms. The van der Waals surface area contributed by atoms with E-state index in [0.717, 1.165) is 5.56 Å². The molecular formula is C9H15N3O2. The Kier molecular flexibility index (Phi) is 3.64. The average Bonchev–Trinajstić information content (AvgIpc) is 2.60. The molecule has 0 aliphatic rings. The monoisotopic (exact) mass is 197 g/mol. The van der Waals surface area contributed by atoms with Crippen LogP contribution in [0.3, 0.4) is 0 Å². The Bertz CT molecular complexity index is 309. The Morgan fingerprint density at radius 2 is 2.50 bits per heavy atom. The van der Waals surface area contributed by atoms with Gasteiger partial charge in [-0.3, -0.25) is 4.68 Å². The van der Waals surface area contributed by atoms with E-state index in [-0.39, 0.29) is 5.97 Å². The lowest BCUT2D eigenvalue weighted by Crippen LogP contribution is -2.29. The maximum atomic E-state index is 11.4. The first-order chi connectivity index (χ1) is 6.69. The minimum Gasteiger partial charge on any atom is -0.468 e. The molecule has 0 aliphatic heterocycles. The molecule has 5 heteroatoms. The van der Waals surface area contributed by atoms with Crippen LogP contribution >= 0.6 is 0 Å². The molecule has 78 valence electrons. The first-order valence-corrected chi connectivity index (χ1v) is 4.48. The normalized spacial score (nSPS) is 12.5. The number of likely N-dealkylation sites (N-methyl/N-ethyl adjacent to an activating group) is 1. The summed E-state index contributed by atoms with van der Waals surface area (Å²) in [5, 5.41) is 7.04. The van der Waals surface area contributed by atoms with Gasteiger partial charge in [0.15, 0.2) is 0 Å². The Morgan fingerprint density at radius 3 is 2.93 bits per heavy atom. The van der Waals surface area contributed by atoms with Crippen LogP contribution in [0.4, 0.5) is 0 Å². The highest BCUT2D eigenvalue weighted by Crippen LogP contribution is 2.12. The minimum atomic E-state index is -0.418. The van der Waals surface area contributed by atoms with Gasteiger partial charge < -0.3 is 10.1 Å². The lowest BCUT2D eigenvalue weighted by Gasteiger charge is -2.12. The molecule has 1 N–H and O–H groups in total. The number of esters is 1. The highest BCUT2D eigenvalue weighted by molar-refractivity contribution is 5.77. The van der Waals surface area contributed by atoms with Gasteiger partial charge in [-0.25, -0.2) is 4.79 Å². The average molecular weight is 197 g/mol. The maximum absolute atomic E-state index is 11.4. The van der Waals surface area contributed by atoms with Crippen molar-refractivity contribution in [3.8, 4) is 0 Å². The minimum absolute atomic E-state index is 0.292. The second-order valence-corrected chi connectivity index (χ2v) is 2.96. The highest BCUT2D eigenvalue weighted by atomic mass is 16.5. The zero-order chi connectivity index (χ0) is 10.6. The van der Waals surface area contributed by atoms with E-state index in [1.165, 1.54) is 7.11 Å². The number of rotatable bonds is 4. The first-order valence-electron chi connectivity index (χ1n) is 4.48. The zero-order valence-electron chi connectivity index (χ0n) is 8.65. The van der Waals surface area contributed by atoms with E-state index in [0.29, 0.717) is 6.54 Å². The SMILES string of the molecule is CCN[C@H](C(=O)OC)c1cnn(C)c1. The summed E-state index contributed by atoms with van der Waals surface area (Å²) >= 11 is 0. The van der Waals surface area contributed by atoms with Crippen LogP contribution in [0.15, 0.2) is 12.4 Å². The summed E-state index contributed by atoms with van der Waals surface area (Å²) in [5.41, 5.74) is 0.821. The lowest BCUT2D eigenvalue weighted by molar-refractivity contribution is -0.143. The van der Waals surface area contributed by atoms with Crippen LogP contribution < -0.4 is 5.32 Å². The van der Waals surface area contributed by atoms with Crippen molar-refractivity contribution in [2.45, 2.75) is 13.0 Å². The molecule has 14 heavy (non-hydrogen) atoms. The topological polar surface area (TPSA) is 56.1 Å². The lowest BCUT2D eigenvalue weighted by atomic mass is 10.1. The van der Waals surface area contributed by atoms with Crippen molar-refractivity contribution in [2.24, 2.45) is 7.05 Å². The van der Waals surface area contributed by atoms with Crippen LogP contribution in [0.25, 0.3) is 0 Å². The van der Waals surface area contributed by atoms with Gasteiger partial charge in [-0.2, -0.15) is 5.10 Å². The standard InChI is InChI=1S/C9H15N3O2/c1-4-10-8(9(13)14-3)7-5-11-12(2)6-7/h5-6,8,10H,4H2,1-3H3/t8-/m0/s1. The van der Waals surface area contributed by atoms with Gasteiger partial charge in [0.1, 0.15) is 6.04 Å². The van der Waals surface area contributed by atoms with E-state index in [1.807, 2.05) is 14.0 Å². The summed E-state index contributed by atoms with van der Waals surface area (Å²) in [6, 6.07) is -0.418. The summed E-state index contributed by atoms with van der Waals surface area (Å²) < 4.78 is 6.35. The van der Waals surface area contributed by atoms with Crippen molar-refractivity contribution in [1.82, 2.24) is 15.1 Å². The maximum Gasteiger partial charge on any atom is 0.327 e. The molecular weight excluding hydrogens is 182 g/mol. The van der Waals surface area contributed by atoms with E-state index in [2.05, 4.69) is 10.4 Å². The zero-order valence-corrected chi connectivity index (χ0v) is 8.65. The Morgan fingerprint density at radius 1 is 1.79 bits per heavy atom. The molecule has 1 aromatic heterocycles. The summed E-state index contributed by atoms with van der Waals surface area (Å²) in [6.07, 6.45) is 3.45. The van der Waals surface area contributed by atoms with Crippen LogP contribution in [0.2, 0.25) is 0 Å². The summed E-state index contributed by atoms with van der Waals surface area (Å²) in [5.74, 6) is -0.292. The van der Waals surface area contributed by atoms with Gasteiger partial charge in [0.05, 0.1) is 13.3 Å². The van der Waals surface area contributed by atoms with Gasteiger partial charge in [-0.1, -0.05) is 6.92 Å². The Labute approximate surface area is 83.1 Å². The van der Waals surface area contributed by atoms with Crippen molar-refractivity contribution in [2.75, 3.05) is 13.7 Å². The molecule has 1 aromatic rings. The second kappa shape index (κ2) is 4.76. The molecule has 0 spiro atoms. The van der Waals surface area contributed by atoms with Crippen LogP contribution in [-0.2, 0) is 16.6 Å². The molecule has 0 aromatic carbocycles. The van der Waals surface area contributed by atoms with Gasteiger partial charge in [0.2, 0.25) is 0 Å². The van der Waals surface area contributed by atoms with Gasteiger partial charge in [0.25, 0.3) is 0 Å². The molecule has 0 saturated heterocycles. The van der Waals surface area contributed by atoms with E-state index in [1.54, 1.807) is 17.1 Å². The number of nitrogens with zero attached hydrogens (tertiary/aromatic N) is 2. The number of nitrogens with one attached hydrogen (secondary N) is 1. The van der Waals surface area contributed by atoms with Crippen molar-refractivity contribution in [3.05, 3.63) is 18.0 Å². The molecule has 5 nitrogen and oxygen atoms in total. The molecule has 0 saturated carbocycles. The third-order valence-corrected chi connectivity index (χ3v) is 1.90. The number of hydrogen-bond acceptors (Lipinski definition) is 4. The molecule has 0 radical (unpaired) electrons. The smallest absolute Gasteiger partial charge is 0.327 e. The highest BCUT2D eigenvalue weighted by Gasteiger charge is 2.21. The van der Waals surface area contributed by atoms with Crippen LogP contribution in [0.1, 0.15) is 18.5 Å². The fourth-order valence-electron chi connectivity index (χ4n) is 1.25. The van der Waals surface area contributed by atoms with Gasteiger partial charge in [-0.15, -0.1) is 0 Å². The van der Waals surface area contributed by atoms with E-state index in [9.17, 15) is 4.79 Å². The number of hydrogen-bond donors (Lipinski definition) is 1. The predicted octanol–water partition coefficient (Wildman–Crippen LogP) is 0.244. The van der Waals surface area contributed by atoms with Gasteiger partial charge >= 0.3 is 5.97 Å². The summed E-state index contributed by atoms with van der Waals surface area (Å²) in [6.45, 7) is 2.64. The number of methoxy groups -OCH3 is 1.